The summed E-state index contributed by atoms with van der Waals surface area (Å²) in [4.78, 5) is 24.2. The van der Waals surface area contributed by atoms with Crippen LogP contribution in [0.25, 0.3) is 11.1 Å². The number of carboxylic acids is 1. The van der Waals surface area contributed by atoms with Crippen LogP contribution in [0.2, 0.25) is 0 Å². The van der Waals surface area contributed by atoms with Gasteiger partial charge in [0.05, 0.1) is 13.7 Å². The van der Waals surface area contributed by atoms with Gasteiger partial charge in [-0.2, -0.15) is 0 Å². The van der Waals surface area contributed by atoms with E-state index in [0.29, 0.717) is 36.6 Å². The van der Waals surface area contributed by atoms with Gasteiger partial charge in [-0.25, -0.2) is 8.78 Å². The first-order valence-electron chi connectivity index (χ1n) is 9.63. The summed E-state index contributed by atoms with van der Waals surface area (Å²) in [5, 5.41) is 8.78. The van der Waals surface area contributed by atoms with Gasteiger partial charge in [-0.1, -0.05) is 12.1 Å². The molecule has 0 radical (unpaired) electrons. The van der Waals surface area contributed by atoms with Gasteiger partial charge in [0.1, 0.15) is 17.9 Å². The summed E-state index contributed by atoms with van der Waals surface area (Å²) >= 11 is 0. The summed E-state index contributed by atoms with van der Waals surface area (Å²) in [6.45, 7) is 1.42. The number of ether oxygens (including phenoxy) is 2. The maximum absolute atomic E-state index is 13.6. The van der Waals surface area contributed by atoms with Crippen molar-refractivity contribution in [2.45, 2.75) is 19.3 Å². The normalized spacial score (nSPS) is 16.2. The average molecular weight is 419 g/mol. The van der Waals surface area contributed by atoms with E-state index in [2.05, 4.69) is 0 Å². The van der Waals surface area contributed by atoms with E-state index in [9.17, 15) is 18.4 Å². The Balaban J connectivity index is 1.61. The zero-order valence-electron chi connectivity index (χ0n) is 16.6. The molecule has 1 amide bonds. The summed E-state index contributed by atoms with van der Waals surface area (Å²) in [6, 6.07) is 9.02. The van der Waals surface area contributed by atoms with Gasteiger partial charge in [0.25, 0.3) is 0 Å². The lowest BCUT2D eigenvalue weighted by Crippen LogP contribution is -2.42. The molecular weight excluding hydrogens is 396 g/mol. The predicted octanol–water partition coefficient (Wildman–Crippen LogP) is 3.73. The molecule has 0 aromatic heterocycles. The molecule has 8 heteroatoms. The van der Waals surface area contributed by atoms with E-state index in [0.717, 1.165) is 25.0 Å². The molecule has 2 aromatic rings. The maximum atomic E-state index is 13.6. The van der Waals surface area contributed by atoms with Crippen LogP contribution in [0.3, 0.4) is 0 Å². The van der Waals surface area contributed by atoms with Crippen molar-refractivity contribution in [1.82, 2.24) is 4.90 Å². The van der Waals surface area contributed by atoms with E-state index in [1.54, 1.807) is 29.2 Å². The molecule has 1 aliphatic heterocycles. The van der Waals surface area contributed by atoms with E-state index in [-0.39, 0.29) is 17.6 Å². The topological polar surface area (TPSA) is 76.1 Å². The summed E-state index contributed by atoms with van der Waals surface area (Å²) in [5.74, 6) is -2.48. The molecule has 0 aliphatic carbocycles. The number of piperidine rings is 1. The fourth-order valence-electron chi connectivity index (χ4n) is 3.54. The molecule has 30 heavy (non-hydrogen) atoms. The predicted molar refractivity (Wildman–Crippen MR) is 105 cm³/mol. The number of halogens is 2. The van der Waals surface area contributed by atoms with Crippen LogP contribution in [-0.4, -0.2) is 48.7 Å². The highest BCUT2D eigenvalue weighted by atomic mass is 19.2. The Morgan fingerprint density at radius 3 is 2.53 bits per heavy atom. The molecular formula is C22H23F2NO5. The lowest BCUT2D eigenvalue weighted by molar-refractivity contribution is -0.145. The largest absolute Gasteiger partial charge is 0.496 e. The van der Waals surface area contributed by atoms with Gasteiger partial charge < -0.3 is 19.5 Å². The number of hydrogen-bond acceptors (Lipinski definition) is 4. The molecule has 0 unspecified atom stereocenters. The van der Waals surface area contributed by atoms with E-state index >= 15 is 0 Å². The number of methoxy groups -OCH3 is 1. The Hall–Kier alpha value is -3.16. The molecule has 0 bridgehead atoms. The standard InChI is InChI=1S/C22H23F2NO5/c1-29-20-10-19(24)18(23)9-17(20)15-4-6-16(7-5-15)30-13-14-3-2-8-25(12-14)21(26)11-22(27)28/h4-7,9-10,14H,2-3,8,11-13H2,1H3,(H,27,28)/t14-/m1/s1. The highest BCUT2D eigenvalue weighted by molar-refractivity contribution is 5.93. The molecule has 0 saturated carbocycles. The van der Waals surface area contributed by atoms with Gasteiger partial charge >= 0.3 is 5.97 Å². The Labute approximate surface area is 173 Å². The summed E-state index contributed by atoms with van der Waals surface area (Å²) in [5.41, 5.74) is 1.09. The van der Waals surface area contributed by atoms with E-state index in [4.69, 9.17) is 14.6 Å². The van der Waals surface area contributed by atoms with Crippen LogP contribution >= 0.6 is 0 Å². The maximum Gasteiger partial charge on any atom is 0.312 e. The smallest absolute Gasteiger partial charge is 0.312 e. The van der Waals surface area contributed by atoms with Gasteiger partial charge in [0.15, 0.2) is 11.6 Å². The Morgan fingerprint density at radius 1 is 1.17 bits per heavy atom. The number of carbonyl (C=O) groups excluding carboxylic acids is 1. The first kappa shape index (κ1) is 21.5. The first-order valence-corrected chi connectivity index (χ1v) is 9.63. The van der Waals surface area contributed by atoms with Gasteiger partial charge in [0.2, 0.25) is 5.91 Å². The fraction of sp³-hybridized carbons (Fsp3) is 0.364. The average Bonchev–Trinajstić information content (AvgIpc) is 2.74. The van der Waals surface area contributed by atoms with Crippen LogP contribution in [0.4, 0.5) is 8.78 Å². The zero-order chi connectivity index (χ0) is 21.7. The molecule has 2 aromatic carbocycles. The molecule has 1 aliphatic rings. The Kier molecular flexibility index (Phi) is 6.87. The van der Waals surface area contributed by atoms with Crippen LogP contribution < -0.4 is 9.47 Å². The van der Waals surface area contributed by atoms with Crippen molar-refractivity contribution in [3.8, 4) is 22.6 Å². The monoisotopic (exact) mass is 419 g/mol. The summed E-state index contributed by atoms with van der Waals surface area (Å²) in [7, 11) is 1.39. The zero-order valence-corrected chi connectivity index (χ0v) is 16.6. The number of nitrogens with zero attached hydrogens (tertiary/aromatic N) is 1. The lowest BCUT2D eigenvalue weighted by Gasteiger charge is -2.32. The van der Waals surface area contributed by atoms with Crippen molar-refractivity contribution < 1.29 is 33.0 Å². The highest BCUT2D eigenvalue weighted by Crippen LogP contribution is 2.33. The van der Waals surface area contributed by atoms with E-state index in [1.165, 1.54) is 7.11 Å². The Bertz CT molecular complexity index is 916. The SMILES string of the molecule is COc1cc(F)c(F)cc1-c1ccc(OC[C@@H]2CCCN(C(=O)CC(=O)O)C2)cc1. The second kappa shape index (κ2) is 9.56. The first-order chi connectivity index (χ1) is 14.4. The molecule has 160 valence electrons. The number of carbonyl (C=O) groups is 2. The van der Waals surface area contributed by atoms with Gasteiger partial charge in [-0.3, -0.25) is 9.59 Å². The van der Waals surface area contributed by atoms with Crippen LogP contribution in [0, 0.1) is 17.6 Å². The number of benzene rings is 2. The molecule has 3 rings (SSSR count). The second-order valence-electron chi connectivity index (χ2n) is 7.22. The number of amides is 1. The number of aliphatic carboxylic acids is 1. The van der Waals surface area contributed by atoms with Gasteiger partial charge in [0, 0.05) is 30.6 Å². The molecule has 1 N–H and O–H groups in total. The third-order valence-corrected chi connectivity index (χ3v) is 5.07. The van der Waals surface area contributed by atoms with Crippen molar-refractivity contribution in [2.24, 2.45) is 5.92 Å². The molecule has 1 atom stereocenters. The van der Waals surface area contributed by atoms with E-state index < -0.39 is 24.0 Å². The third kappa shape index (κ3) is 5.25. The van der Waals surface area contributed by atoms with Gasteiger partial charge in [-0.05, 0) is 36.6 Å². The highest BCUT2D eigenvalue weighted by Gasteiger charge is 2.25. The van der Waals surface area contributed by atoms with Crippen molar-refractivity contribution in [2.75, 3.05) is 26.8 Å². The van der Waals surface area contributed by atoms with Crippen LogP contribution in [-0.2, 0) is 9.59 Å². The minimum Gasteiger partial charge on any atom is -0.496 e. The van der Waals surface area contributed by atoms with Crippen molar-refractivity contribution in [3.05, 3.63) is 48.0 Å². The van der Waals surface area contributed by atoms with Crippen molar-refractivity contribution in [1.29, 1.82) is 0 Å². The quantitative estimate of drug-likeness (QED) is 0.692. The number of carboxylic acid groups (broad SMARTS) is 1. The summed E-state index contributed by atoms with van der Waals surface area (Å²) < 4.78 is 38.0. The van der Waals surface area contributed by atoms with E-state index in [1.807, 2.05) is 0 Å². The van der Waals surface area contributed by atoms with Crippen LogP contribution in [0.5, 0.6) is 11.5 Å². The third-order valence-electron chi connectivity index (χ3n) is 5.07. The number of hydrogen-bond donors (Lipinski definition) is 1. The van der Waals surface area contributed by atoms with Crippen LogP contribution in [0.1, 0.15) is 19.3 Å². The minimum absolute atomic E-state index is 0.113. The Morgan fingerprint density at radius 2 is 1.87 bits per heavy atom. The molecule has 1 fully saturated rings. The minimum atomic E-state index is -1.13. The fourth-order valence-corrected chi connectivity index (χ4v) is 3.54. The van der Waals surface area contributed by atoms with Crippen LogP contribution in [0.15, 0.2) is 36.4 Å². The molecule has 1 heterocycles. The van der Waals surface area contributed by atoms with Crippen molar-refractivity contribution in [3.63, 3.8) is 0 Å². The molecule has 1 saturated heterocycles. The van der Waals surface area contributed by atoms with Gasteiger partial charge in [-0.15, -0.1) is 0 Å². The summed E-state index contributed by atoms with van der Waals surface area (Å²) in [6.07, 6.45) is 1.19. The number of likely N-dealkylation sites (tertiary alicyclic amines) is 1. The van der Waals surface area contributed by atoms with Crippen molar-refractivity contribution >= 4 is 11.9 Å². The molecule has 6 nitrogen and oxygen atoms in total. The number of rotatable bonds is 7. The molecule has 0 spiro atoms. The lowest BCUT2D eigenvalue weighted by atomic mass is 9.98. The second-order valence-corrected chi connectivity index (χ2v) is 7.22.